The molecule has 62 valence electrons. The lowest BCUT2D eigenvalue weighted by atomic mass is 10.2. The Morgan fingerprint density at radius 1 is 1.27 bits per heavy atom. The molecule has 0 aliphatic carbocycles. The van der Waals surface area contributed by atoms with Gasteiger partial charge in [-0.25, -0.2) is 0 Å². The van der Waals surface area contributed by atoms with E-state index in [2.05, 4.69) is 9.24 Å². The minimum atomic E-state index is 0.848. The van der Waals surface area contributed by atoms with Crippen molar-refractivity contribution in [3.05, 3.63) is 35.6 Å². The molecule has 0 radical (unpaired) electrons. The van der Waals surface area contributed by atoms with Crippen molar-refractivity contribution in [3.63, 3.8) is 0 Å². The summed E-state index contributed by atoms with van der Waals surface area (Å²) in [5.74, 6) is 0. The van der Waals surface area contributed by atoms with Crippen molar-refractivity contribution in [1.82, 2.24) is 0 Å². The summed E-state index contributed by atoms with van der Waals surface area (Å²) in [4.78, 5) is 0. The number of hydrogen-bond acceptors (Lipinski definition) is 1. The lowest BCUT2D eigenvalue weighted by molar-refractivity contribution is 1.32. The maximum Gasteiger partial charge on any atom is 0.0346 e. The van der Waals surface area contributed by atoms with Crippen LogP contribution in [-0.4, -0.2) is 6.16 Å². The zero-order valence-electron chi connectivity index (χ0n) is 7.17. The van der Waals surface area contributed by atoms with E-state index in [4.69, 9.17) is 5.73 Å². The van der Waals surface area contributed by atoms with Gasteiger partial charge in [-0.3, -0.25) is 0 Å². The maximum atomic E-state index is 5.75. The van der Waals surface area contributed by atoms with Crippen LogP contribution in [0, 0.1) is 0 Å². The Hall–Kier alpha value is -0.550. The number of nitrogens with two attached hydrogens (primary N) is 1. The fraction of sp³-hybridized carbons (Fsp3) is 0.333. The van der Waals surface area contributed by atoms with Crippen molar-refractivity contribution in [2.75, 3.05) is 6.16 Å². The molecule has 11 heavy (non-hydrogen) atoms. The summed E-state index contributed by atoms with van der Waals surface area (Å²) in [5.41, 5.74) is 7.76. The number of rotatable bonds is 3. The highest BCUT2D eigenvalue weighted by Crippen LogP contribution is 2.06. The van der Waals surface area contributed by atoms with Gasteiger partial charge in [0.2, 0.25) is 0 Å². The first-order chi connectivity index (χ1) is 5.26. The van der Waals surface area contributed by atoms with E-state index in [1.54, 1.807) is 0 Å². The average molecular weight is 169 g/mol. The predicted molar refractivity (Wildman–Crippen MR) is 55.4 cm³/mol. The van der Waals surface area contributed by atoms with Gasteiger partial charge >= 0.3 is 0 Å². The highest BCUT2D eigenvalue weighted by molar-refractivity contribution is 7.16. The summed E-state index contributed by atoms with van der Waals surface area (Å²) in [6.45, 7) is 3.95. The Kier molecular flexibility index (Phi) is 5.87. The van der Waals surface area contributed by atoms with Crippen LogP contribution in [0.25, 0.3) is 0 Å². The van der Waals surface area contributed by atoms with Gasteiger partial charge in [-0.05, 0) is 31.7 Å². The molecule has 0 rings (SSSR count). The van der Waals surface area contributed by atoms with Gasteiger partial charge < -0.3 is 5.73 Å². The van der Waals surface area contributed by atoms with Gasteiger partial charge in [0, 0.05) is 5.70 Å². The van der Waals surface area contributed by atoms with E-state index in [-0.39, 0.29) is 0 Å². The summed E-state index contributed by atoms with van der Waals surface area (Å²) in [6, 6.07) is 0. The fourth-order valence-electron chi connectivity index (χ4n) is 0.770. The molecule has 0 saturated heterocycles. The molecule has 0 aromatic carbocycles. The molecular weight excluding hydrogens is 153 g/mol. The van der Waals surface area contributed by atoms with Crippen LogP contribution in [0.15, 0.2) is 35.6 Å². The molecule has 0 fully saturated rings. The van der Waals surface area contributed by atoms with Crippen molar-refractivity contribution in [1.29, 1.82) is 0 Å². The Balaban J connectivity index is 4.52. The Morgan fingerprint density at radius 2 is 1.82 bits per heavy atom. The standard InChI is InChI=1S/C9H16NP/c1-3-5-8(7-11)9(10)6-4-2/h3-6H,7,10-11H2,1-2H3/b5-3-,6-4-,9-8-. The van der Waals surface area contributed by atoms with E-state index in [9.17, 15) is 0 Å². The van der Waals surface area contributed by atoms with Crippen LogP contribution < -0.4 is 5.73 Å². The Bertz CT molecular complexity index is 190. The summed E-state index contributed by atoms with van der Waals surface area (Å²) in [5, 5.41) is 0. The number of hydrogen-bond donors (Lipinski definition) is 1. The molecule has 0 saturated carbocycles. The molecule has 1 unspecified atom stereocenters. The van der Waals surface area contributed by atoms with Gasteiger partial charge in [0.15, 0.2) is 0 Å². The third-order valence-corrected chi connectivity index (χ3v) is 1.74. The quantitative estimate of drug-likeness (QED) is 0.508. The molecule has 2 heteroatoms. The summed E-state index contributed by atoms with van der Waals surface area (Å²) >= 11 is 0. The molecule has 0 aliphatic rings. The van der Waals surface area contributed by atoms with Gasteiger partial charge in [-0.2, -0.15) is 0 Å². The van der Waals surface area contributed by atoms with Gasteiger partial charge in [-0.15, -0.1) is 9.24 Å². The first-order valence-electron chi connectivity index (χ1n) is 3.70. The second-order valence-electron chi connectivity index (χ2n) is 2.18. The normalized spacial score (nSPS) is 14.5. The minimum absolute atomic E-state index is 0.848. The van der Waals surface area contributed by atoms with E-state index in [0.717, 1.165) is 17.4 Å². The van der Waals surface area contributed by atoms with Crippen LogP contribution in [0.2, 0.25) is 0 Å². The Morgan fingerprint density at radius 3 is 2.18 bits per heavy atom. The van der Waals surface area contributed by atoms with Crippen molar-refractivity contribution < 1.29 is 0 Å². The molecule has 0 aromatic rings. The third-order valence-electron chi connectivity index (χ3n) is 1.30. The SMILES string of the molecule is C\C=C/C(N)=C(\C=C/C)CP. The van der Waals surface area contributed by atoms with Crippen LogP contribution in [0.3, 0.4) is 0 Å². The predicted octanol–water partition coefficient (Wildman–Crippen LogP) is 2.23. The molecule has 0 heterocycles. The zero-order chi connectivity index (χ0) is 8.69. The molecule has 1 nitrogen and oxygen atoms in total. The Labute approximate surface area is 71.3 Å². The third kappa shape index (κ3) is 4.00. The first-order valence-corrected chi connectivity index (χ1v) is 4.52. The van der Waals surface area contributed by atoms with Crippen molar-refractivity contribution in [2.45, 2.75) is 13.8 Å². The van der Waals surface area contributed by atoms with Crippen LogP contribution in [0.5, 0.6) is 0 Å². The molecular formula is C9H16NP. The van der Waals surface area contributed by atoms with E-state index in [1.807, 2.05) is 38.2 Å². The highest BCUT2D eigenvalue weighted by Gasteiger charge is 1.91. The summed E-state index contributed by atoms with van der Waals surface area (Å²) < 4.78 is 0. The van der Waals surface area contributed by atoms with Gasteiger partial charge in [0.1, 0.15) is 0 Å². The van der Waals surface area contributed by atoms with Crippen LogP contribution in [0.1, 0.15) is 13.8 Å². The minimum Gasteiger partial charge on any atom is -0.399 e. The average Bonchev–Trinajstić information content (AvgIpc) is 2.00. The van der Waals surface area contributed by atoms with Crippen molar-refractivity contribution in [3.8, 4) is 0 Å². The monoisotopic (exact) mass is 169 g/mol. The largest absolute Gasteiger partial charge is 0.399 e. The van der Waals surface area contributed by atoms with Crippen molar-refractivity contribution >= 4 is 9.24 Å². The molecule has 0 aliphatic heterocycles. The van der Waals surface area contributed by atoms with Gasteiger partial charge in [-0.1, -0.05) is 18.2 Å². The first kappa shape index (κ1) is 10.4. The van der Waals surface area contributed by atoms with Crippen LogP contribution in [-0.2, 0) is 0 Å². The molecule has 0 spiro atoms. The van der Waals surface area contributed by atoms with Crippen LogP contribution >= 0.6 is 9.24 Å². The molecule has 2 N–H and O–H groups in total. The van der Waals surface area contributed by atoms with E-state index in [0.29, 0.717) is 0 Å². The van der Waals surface area contributed by atoms with E-state index in [1.165, 1.54) is 0 Å². The lowest BCUT2D eigenvalue weighted by Crippen LogP contribution is -1.98. The lowest BCUT2D eigenvalue weighted by Gasteiger charge is -1.99. The maximum absolute atomic E-state index is 5.75. The zero-order valence-corrected chi connectivity index (χ0v) is 8.33. The van der Waals surface area contributed by atoms with Crippen molar-refractivity contribution in [2.24, 2.45) is 5.73 Å². The van der Waals surface area contributed by atoms with Crippen LogP contribution in [0.4, 0.5) is 0 Å². The van der Waals surface area contributed by atoms with Gasteiger partial charge in [0.05, 0.1) is 0 Å². The fourth-order valence-corrected chi connectivity index (χ4v) is 1.14. The summed E-state index contributed by atoms with van der Waals surface area (Å²) in [7, 11) is 2.66. The molecule has 0 bridgehead atoms. The number of allylic oxidation sites excluding steroid dienone is 5. The molecule has 0 aromatic heterocycles. The van der Waals surface area contributed by atoms with Gasteiger partial charge in [0.25, 0.3) is 0 Å². The summed E-state index contributed by atoms with van der Waals surface area (Å²) in [6.07, 6.45) is 8.79. The van der Waals surface area contributed by atoms with E-state index >= 15 is 0 Å². The second-order valence-corrected chi connectivity index (χ2v) is 2.59. The highest BCUT2D eigenvalue weighted by atomic mass is 31.0. The molecule has 0 amide bonds. The smallest absolute Gasteiger partial charge is 0.0346 e. The topological polar surface area (TPSA) is 26.0 Å². The molecule has 1 atom stereocenters. The second kappa shape index (κ2) is 6.18. The van der Waals surface area contributed by atoms with E-state index < -0.39 is 0 Å².